The first-order chi connectivity index (χ1) is 51.3. The monoisotopic (exact) mass is 1630 g/mol. The molecule has 0 unspecified atom stereocenters. The third kappa shape index (κ3) is 36.0. The summed E-state index contributed by atoms with van der Waals surface area (Å²) in [5, 5.41) is 92.7. The van der Waals surface area contributed by atoms with E-state index in [1.54, 1.807) is 30.3 Å². The van der Waals surface area contributed by atoms with Crippen molar-refractivity contribution in [1.29, 1.82) is 0 Å². The molecular weight excluding hydrogens is 1540 g/mol. The molecule has 37 heteroatoms. The molecule has 4 rings (SSSR count). The van der Waals surface area contributed by atoms with Crippen LogP contribution in [-0.2, 0) is 89.6 Å². The lowest BCUT2D eigenvalue weighted by molar-refractivity contribution is -0.145. The van der Waals surface area contributed by atoms with Crippen LogP contribution in [0.5, 0.6) is 5.75 Å². The van der Waals surface area contributed by atoms with Gasteiger partial charge in [0.1, 0.15) is 35.5 Å². The Bertz CT molecular complexity index is 3540. The molecule has 1 fully saturated rings. The van der Waals surface area contributed by atoms with Crippen LogP contribution in [0.4, 0.5) is 4.79 Å². The van der Waals surface area contributed by atoms with Gasteiger partial charge in [0.2, 0.25) is 23.6 Å². The molecule has 2 aliphatic rings. The molecule has 36 nitrogen and oxygen atoms in total. The van der Waals surface area contributed by atoms with E-state index >= 15 is 0 Å². The van der Waals surface area contributed by atoms with E-state index in [1.165, 1.54) is 37.8 Å². The summed E-state index contributed by atoms with van der Waals surface area (Å²) >= 11 is 1.82. The lowest BCUT2D eigenvalue weighted by Gasteiger charge is -2.35. The summed E-state index contributed by atoms with van der Waals surface area (Å²) in [6.45, 7) is -1.06. The number of ketones is 3. The molecule has 1 aliphatic carbocycles. The molecule has 0 spiro atoms. The van der Waals surface area contributed by atoms with Gasteiger partial charge in [-0.1, -0.05) is 49.2 Å². The molecular formula is C71H95IN10O26. The summed E-state index contributed by atoms with van der Waals surface area (Å²) in [5.41, 5.74) is 0.416. The highest BCUT2D eigenvalue weighted by atomic mass is 127. The van der Waals surface area contributed by atoms with Gasteiger partial charge in [-0.2, -0.15) is 0 Å². The van der Waals surface area contributed by atoms with E-state index in [0.717, 1.165) is 18.2 Å². The van der Waals surface area contributed by atoms with Gasteiger partial charge in [-0.25, -0.2) is 24.0 Å². The maximum atomic E-state index is 14.9. The smallest absolute Gasteiger partial charge is 0.347 e. The number of ether oxygens (including phenoxy) is 1. The van der Waals surface area contributed by atoms with E-state index in [1.807, 2.05) is 27.9 Å². The number of carbonyl (C=O) groups is 17. The Morgan fingerprint density at radius 2 is 0.963 bits per heavy atom. The number of esters is 1. The topological polar surface area (TPSA) is 546 Å². The van der Waals surface area contributed by atoms with Gasteiger partial charge in [-0.05, 0) is 135 Å². The average Bonchev–Trinajstić information content (AvgIpc) is 0.834. The van der Waals surface area contributed by atoms with Crippen LogP contribution in [0, 0.1) is 9.49 Å². The van der Waals surface area contributed by atoms with Gasteiger partial charge in [-0.15, -0.1) is 0 Å². The van der Waals surface area contributed by atoms with Crippen molar-refractivity contribution in [3.63, 3.8) is 0 Å². The normalized spacial score (nSPS) is 15.7. The van der Waals surface area contributed by atoms with E-state index in [0.29, 0.717) is 49.7 Å². The number of carboxylic acid groups (broad SMARTS) is 8. The molecule has 108 heavy (non-hydrogen) atoms. The zero-order valence-electron chi connectivity index (χ0n) is 59.5. The van der Waals surface area contributed by atoms with Gasteiger partial charge in [0, 0.05) is 110 Å². The van der Waals surface area contributed by atoms with Crippen molar-refractivity contribution < 1.29 is 127 Å². The number of carbonyl (C=O) groups excluding carboxylic acids is 9. The van der Waals surface area contributed by atoms with Crippen LogP contribution in [0.1, 0.15) is 120 Å². The number of nitrogens with one attached hydrogen (secondary N) is 6. The molecule has 2 aromatic rings. The van der Waals surface area contributed by atoms with Crippen LogP contribution in [0.2, 0.25) is 0 Å². The molecule has 2 aromatic carbocycles. The van der Waals surface area contributed by atoms with Gasteiger partial charge in [-0.3, -0.25) is 77.1 Å². The molecule has 592 valence electrons. The van der Waals surface area contributed by atoms with Crippen LogP contribution in [0.15, 0.2) is 72.3 Å². The van der Waals surface area contributed by atoms with Gasteiger partial charge in [0.15, 0.2) is 17.3 Å². The summed E-state index contributed by atoms with van der Waals surface area (Å²) in [6.07, 6.45) is 3.52. The number of aliphatic carboxylic acids is 8. The number of unbranched alkanes of at least 4 members (excludes halogenated alkanes) is 5. The van der Waals surface area contributed by atoms with Gasteiger partial charge in [0.05, 0.1) is 29.2 Å². The minimum atomic E-state index is -1.55. The van der Waals surface area contributed by atoms with E-state index in [-0.39, 0.29) is 138 Å². The highest BCUT2D eigenvalue weighted by molar-refractivity contribution is 14.1. The molecule has 6 atom stereocenters. The Morgan fingerprint density at radius 3 is 1.44 bits per heavy atom. The van der Waals surface area contributed by atoms with Gasteiger partial charge < -0.3 is 77.5 Å². The van der Waals surface area contributed by atoms with E-state index in [4.69, 9.17) is 9.84 Å². The van der Waals surface area contributed by atoms with E-state index in [9.17, 15) is 117 Å². The highest BCUT2D eigenvalue weighted by Crippen LogP contribution is 2.26. The van der Waals surface area contributed by atoms with E-state index in [2.05, 4.69) is 26.6 Å². The minimum Gasteiger partial charge on any atom is -0.481 e. The maximum Gasteiger partial charge on any atom is 0.347 e. The predicted molar refractivity (Wildman–Crippen MR) is 388 cm³/mol. The predicted octanol–water partition coefficient (Wildman–Crippen LogP) is 0.939. The van der Waals surface area contributed by atoms with Crippen LogP contribution in [0.3, 0.4) is 0 Å². The molecule has 1 aliphatic heterocycles. The highest BCUT2D eigenvalue weighted by Gasteiger charge is 2.34. The van der Waals surface area contributed by atoms with Crippen LogP contribution in [0.25, 0.3) is 0 Å². The van der Waals surface area contributed by atoms with Gasteiger partial charge in [0.25, 0.3) is 0 Å². The maximum absolute atomic E-state index is 14.9. The molecule has 0 radical (unpaired) electrons. The molecule has 14 N–H and O–H groups in total. The number of carboxylic acids is 8. The number of halogens is 1. The van der Waals surface area contributed by atoms with Crippen LogP contribution >= 0.6 is 22.6 Å². The largest absolute Gasteiger partial charge is 0.481 e. The molecule has 0 saturated carbocycles. The lowest BCUT2D eigenvalue weighted by Crippen LogP contribution is -2.52. The molecule has 6 amide bonds. The fourth-order valence-corrected chi connectivity index (χ4v) is 12.4. The number of amides is 6. The van der Waals surface area contributed by atoms with Crippen molar-refractivity contribution >= 4 is 123 Å². The summed E-state index contributed by atoms with van der Waals surface area (Å²) in [7, 11) is 0. The summed E-state index contributed by atoms with van der Waals surface area (Å²) in [6, 6.07) is 4.36. The van der Waals surface area contributed by atoms with Crippen molar-refractivity contribution in [1.82, 2.24) is 51.5 Å². The Kier molecular flexibility index (Phi) is 40.3. The SMILES string of the molecule is O=C1C=CC(=O)C(C(=O)Oc2ccc(C[C@@H](NC(=O)CC[C@@H](C(=O)O)N3CCN(CC(=O)O)CCN(CC(=O)O)CCN(CC(=O)O)CC3)C(=O)C[C@H](Cc3ccccc3)C(=O)N[C@H](CCCCNC(=O)CCCCCCC(=O)NCCCC[C@H](NC(=O)N[C@@H](CCC(=O)O)C(=O)O)C(=O)O)C(=O)O)cc2I)=C1. The summed E-state index contributed by atoms with van der Waals surface area (Å²) in [4.78, 5) is 220. The fourth-order valence-electron chi connectivity index (χ4n) is 11.7. The number of Topliss-reactive ketones (excluding diaryl/α,β-unsaturated/α-hetero) is 1. The second-order valence-electron chi connectivity index (χ2n) is 26.0. The molecule has 0 bridgehead atoms. The average molecular weight is 1630 g/mol. The number of hydrogen-bond donors (Lipinski definition) is 14. The summed E-state index contributed by atoms with van der Waals surface area (Å²) < 4.78 is 5.74. The number of benzene rings is 2. The third-order valence-corrected chi connectivity index (χ3v) is 18.3. The quantitative estimate of drug-likeness (QED) is 0.0109. The van der Waals surface area contributed by atoms with Crippen molar-refractivity contribution in [3.8, 4) is 5.75 Å². The Hall–Kier alpha value is -10.1. The van der Waals surface area contributed by atoms with Crippen molar-refractivity contribution in [2.24, 2.45) is 5.92 Å². The van der Waals surface area contributed by atoms with Crippen molar-refractivity contribution in [3.05, 3.63) is 87.0 Å². The first-order valence-corrected chi connectivity index (χ1v) is 36.3. The first kappa shape index (κ1) is 90.3. The minimum absolute atomic E-state index is 0.0402. The Morgan fingerprint density at radius 1 is 0.463 bits per heavy atom. The van der Waals surface area contributed by atoms with Crippen molar-refractivity contribution in [2.75, 3.05) is 85.1 Å². The molecule has 1 heterocycles. The number of urea groups is 1. The van der Waals surface area contributed by atoms with E-state index < -0.39 is 182 Å². The number of rotatable bonds is 48. The Balaban J connectivity index is 1.39. The summed E-state index contributed by atoms with van der Waals surface area (Å²) in [5.74, 6) is -17.2. The van der Waals surface area contributed by atoms with Crippen molar-refractivity contribution in [2.45, 2.75) is 152 Å². The second-order valence-corrected chi connectivity index (χ2v) is 27.1. The zero-order valence-corrected chi connectivity index (χ0v) is 61.7. The van der Waals surface area contributed by atoms with Crippen LogP contribution < -0.4 is 36.6 Å². The molecule has 0 aromatic heterocycles. The third-order valence-electron chi connectivity index (χ3n) is 17.5. The lowest BCUT2D eigenvalue weighted by atomic mass is 9.89. The number of hydrogen-bond acceptors (Lipinski definition) is 22. The fraction of sp³-hybridized carbons (Fsp3) is 0.535. The van der Waals surface area contributed by atoms with Gasteiger partial charge >= 0.3 is 59.8 Å². The number of allylic oxidation sites excluding steroid dienone is 3. The Labute approximate surface area is 634 Å². The van der Waals surface area contributed by atoms with Crippen LogP contribution in [-0.4, -0.2) is 276 Å². The number of nitrogens with zero attached hydrogens (tertiary/aromatic N) is 4. The zero-order chi connectivity index (χ0) is 79.8. The standard InChI is InChI=1S/C71H95IN10O26/c72-49-37-45(18-23-57(49)108-70(106)48-40-47(83)19-22-55(48)84)38-53(75-60(88)24-21-54(69(104)105)82-34-32-80(42-63(93)94)30-28-79(41-62(91)92)29-31-81(33-35-82)43-64(95)96)56(85)39-46(36-44-12-4-3-5-13-44)65(97)76-50(66(98)99)14-8-10-26-73-58(86)16-6-1-2-7-17-59(87)74-27-11-9-15-51(67(100)101)77-71(107)78-52(68(102)103)20-25-61(89)90/h3-5,12-13,18-19,22-23,37,40,46,50-54H,1-2,6-11,14-17,20-21,24-36,38-39,41-43H2,(H,73,86)(H,74,87)(H,75,88)(H,76,97)(H,89,90)(H,91,92)(H,93,94)(H,95,96)(H,98,99)(H,100,101)(H,102,103)(H,104,105)(H2,77,78,107)/t46-,50+,51-,52-,53+,54-/m0/s1. The second kappa shape index (κ2) is 48.2. The molecule has 1 saturated heterocycles. The first-order valence-electron chi connectivity index (χ1n) is 35.2.